The van der Waals surface area contributed by atoms with Crippen LogP contribution in [-0.4, -0.2) is 20.8 Å². The molecule has 0 saturated heterocycles. The van der Waals surface area contributed by atoms with Crippen molar-refractivity contribution >= 4 is 38.6 Å². The first-order valence-electron chi connectivity index (χ1n) is 6.32. The predicted molar refractivity (Wildman–Crippen MR) is 85.4 cm³/mol. The maximum atomic E-state index is 12.7. The van der Waals surface area contributed by atoms with E-state index in [1.54, 1.807) is 18.2 Å². The average molecular weight is 330 g/mol. The van der Waals surface area contributed by atoms with Gasteiger partial charge >= 0.3 is 0 Å². The molecule has 0 aliphatic heterocycles. The number of rotatable bonds is 6. The van der Waals surface area contributed by atoms with Crippen molar-refractivity contribution in [2.75, 3.05) is 16.7 Å². The monoisotopic (exact) mass is 329 g/mol. The van der Waals surface area contributed by atoms with Crippen molar-refractivity contribution < 1.29 is 8.42 Å². The molecule has 2 aromatic rings. The summed E-state index contributed by atoms with van der Waals surface area (Å²) in [7, 11) is -3.49. The molecule has 108 valence electrons. The molecule has 0 unspecified atom stereocenters. The van der Waals surface area contributed by atoms with Crippen LogP contribution in [0.3, 0.4) is 0 Å². The standard InChI is InChI=1S/C14H16ClNO2S2/c1-2-16(12-6-4-3-5-7-12)20(17,18)14-9-8-13(19-14)10-11-15/h3-9H,2,10-11H2,1H3. The van der Waals surface area contributed by atoms with E-state index in [1.165, 1.54) is 15.6 Å². The van der Waals surface area contributed by atoms with Crippen molar-refractivity contribution in [3.05, 3.63) is 47.3 Å². The van der Waals surface area contributed by atoms with Crippen molar-refractivity contribution in [1.82, 2.24) is 0 Å². The highest BCUT2D eigenvalue weighted by Crippen LogP contribution is 2.28. The fraction of sp³-hybridized carbons (Fsp3) is 0.286. The van der Waals surface area contributed by atoms with Crippen molar-refractivity contribution in [2.24, 2.45) is 0 Å². The Morgan fingerprint density at radius 2 is 1.85 bits per heavy atom. The van der Waals surface area contributed by atoms with E-state index in [0.29, 0.717) is 28.7 Å². The van der Waals surface area contributed by atoms with Gasteiger partial charge in [-0.25, -0.2) is 8.42 Å². The van der Waals surface area contributed by atoms with Crippen LogP contribution in [0.2, 0.25) is 0 Å². The van der Waals surface area contributed by atoms with Gasteiger partial charge in [0.2, 0.25) is 0 Å². The Morgan fingerprint density at radius 1 is 1.15 bits per heavy atom. The van der Waals surface area contributed by atoms with E-state index in [0.717, 1.165) is 4.88 Å². The second-order valence-electron chi connectivity index (χ2n) is 4.17. The van der Waals surface area contributed by atoms with Gasteiger partial charge < -0.3 is 0 Å². The zero-order valence-electron chi connectivity index (χ0n) is 11.1. The minimum absolute atomic E-state index is 0.364. The number of hydrogen-bond donors (Lipinski definition) is 0. The summed E-state index contributed by atoms with van der Waals surface area (Å²) in [6.07, 6.45) is 0.694. The van der Waals surface area contributed by atoms with Crippen LogP contribution in [-0.2, 0) is 16.4 Å². The molecular weight excluding hydrogens is 314 g/mol. The number of sulfonamides is 1. The molecule has 1 aromatic carbocycles. The van der Waals surface area contributed by atoms with Gasteiger partial charge in [-0.05, 0) is 37.6 Å². The summed E-state index contributed by atoms with van der Waals surface area (Å²) in [5.41, 5.74) is 0.683. The lowest BCUT2D eigenvalue weighted by atomic mass is 10.3. The fourth-order valence-electron chi connectivity index (χ4n) is 1.92. The Kier molecular flexibility index (Phi) is 5.07. The van der Waals surface area contributed by atoms with Crippen LogP contribution in [0.1, 0.15) is 11.8 Å². The SMILES string of the molecule is CCN(c1ccccc1)S(=O)(=O)c1ccc(CCCl)s1. The molecule has 0 N–H and O–H groups in total. The third-order valence-corrected chi connectivity index (χ3v) is 6.56. The normalized spacial score (nSPS) is 11.5. The number of hydrogen-bond acceptors (Lipinski definition) is 3. The van der Waals surface area contributed by atoms with Crippen LogP contribution in [0, 0.1) is 0 Å². The third-order valence-electron chi connectivity index (χ3n) is 2.85. The fourth-order valence-corrected chi connectivity index (χ4v) is 5.18. The molecule has 0 aliphatic carbocycles. The molecule has 3 nitrogen and oxygen atoms in total. The summed E-state index contributed by atoms with van der Waals surface area (Å²) in [5, 5.41) is 0. The number of halogens is 1. The van der Waals surface area contributed by atoms with E-state index in [4.69, 9.17) is 11.6 Å². The van der Waals surface area contributed by atoms with Crippen molar-refractivity contribution in [1.29, 1.82) is 0 Å². The molecule has 0 aliphatic rings. The number of aryl methyl sites for hydroxylation is 1. The zero-order chi connectivity index (χ0) is 14.6. The van der Waals surface area contributed by atoms with Gasteiger partial charge in [0.25, 0.3) is 10.0 Å². The van der Waals surface area contributed by atoms with Gasteiger partial charge in [-0.3, -0.25) is 4.31 Å². The third kappa shape index (κ3) is 3.16. The largest absolute Gasteiger partial charge is 0.273 e. The summed E-state index contributed by atoms with van der Waals surface area (Å²) >= 11 is 6.98. The van der Waals surface area contributed by atoms with Crippen LogP contribution in [0.15, 0.2) is 46.7 Å². The lowest BCUT2D eigenvalue weighted by Crippen LogP contribution is -2.30. The lowest BCUT2D eigenvalue weighted by Gasteiger charge is -2.21. The van der Waals surface area contributed by atoms with Gasteiger partial charge in [-0.1, -0.05) is 18.2 Å². The van der Waals surface area contributed by atoms with Crippen LogP contribution in [0.25, 0.3) is 0 Å². The number of alkyl halides is 1. The van der Waals surface area contributed by atoms with Crippen LogP contribution >= 0.6 is 22.9 Å². The molecule has 0 spiro atoms. The van der Waals surface area contributed by atoms with Gasteiger partial charge in [0.15, 0.2) is 0 Å². The molecule has 0 bridgehead atoms. The number of nitrogens with zero attached hydrogens (tertiary/aromatic N) is 1. The molecule has 0 radical (unpaired) electrons. The Hall–Kier alpha value is -1.04. The molecular formula is C14H16ClNO2S2. The van der Waals surface area contributed by atoms with Gasteiger partial charge in [0.1, 0.15) is 4.21 Å². The van der Waals surface area contributed by atoms with Gasteiger partial charge in [0.05, 0.1) is 5.69 Å². The smallest absolute Gasteiger partial charge is 0.266 e. The van der Waals surface area contributed by atoms with E-state index >= 15 is 0 Å². The van der Waals surface area contributed by atoms with Crippen molar-refractivity contribution in [3.8, 4) is 0 Å². The minimum atomic E-state index is -3.49. The number of para-hydroxylation sites is 1. The highest BCUT2D eigenvalue weighted by molar-refractivity contribution is 7.94. The minimum Gasteiger partial charge on any atom is -0.266 e. The van der Waals surface area contributed by atoms with Crippen LogP contribution in [0.5, 0.6) is 0 Å². The summed E-state index contributed by atoms with van der Waals surface area (Å²) in [6.45, 7) is 2.23. The first kappa shape index (κ1) is 15.4. The topological polar surface area (TPSA) is 37.4 Å². The summed E-state index contributed by atoms with van der Waals surface area (Å²) in [6, 6.07) is 12.6. The average Bonchev–Trinajstić information content (AvgIpc) is 2.90. The van der Waals surface area contributed by atoms with E-state index in [9.17, 15) is 8.42 Å². The number of thiophene rings is 1. The quantitative estimate of drug-likeness (QED) is 0.757. The molecule has 0 amide bonds. The van der Waals surface area contributed by atoms with Crippen LogP contribution < -0.4 is 4.31 Å². The van der Waals surface area contributed by atoms with E-state index in [1.807, 2.05) is 31.2 Å². The van der Waals surface area contributed by atoms with E-state index in [-0.39, 0.29) is 0 Å². The highest BCUT2D eigenvalue weighted by atomic mass is 35.5. The molecule has 2 rings (SSSR count). The number of anilines is 1. The molecule has 1 heterocycles. The molecule has 0 fully saturated rings. The second kappa shape index (κ2) is 6.61. The molecule has 6 heteroatoms. The Morgan fingerprint density at radius 3 is 2.45 bits per heavy atom. The summed E-state index contributed by atoms with van der Waals surface area (Å²) in [5.74, 6) is 0.496. The van der Waals surface area contributed by atoms with E-state index < -0.39 is 10.0 Å². The Bertz CT molecular complexity index is 653. The summed E-state index contributed by atoms with van der Waals surface area (Å²) in [4.78, 5) is 0.989. The first-order chi connectivity index (χ1) is 9.59. The molecule has 0 saturated carbocycles. The Labute approximate surface area is 128 Å². The molecule has 20 heavy (non-hydrogen) atoms. The number of benzene rings is 1. The van der Waals surface area contributed by atoms with E-state index in [2.05, 4.69) is 0 Å². The summed E-state index contributed by atoms with van der Waals surface area (Å²) < 4.78 is 27.2. The maximum absolute atomic E-state index is 12.7. The van der Waals surface area contributed by atoms with Crippen molar-refractivity contribution in [2.45, 2.75) is 17.6 Å². The van der Waals surface area contributed by atoms with Gasteiger partial charge in [-0.15, -0.1) is 22.9 Å². The highest BCUT2D eigenvalue weighted by Gasteiger charge is 2.25. The molecule has 1 aromatic heterocycles. The Balaban J connectivity index is 2.36. The second-order valence-corrected chi connectivity index (χ2v) is 7.80. The van der Waals surface area contributed by atoms with Gasteiger partial charge in [0, 0.05) is 17.3 Å². The zero-order valence-corrected chi connectivity index (χ0v) is 13.5. The predicted octanol–water partition coefficient (Wildman–Crippen LogP) is 3.74. The first-order valence-corrected chi connectivity index (χ1v) is 9.11. The van der Waals surface area contributed by atoms with Gasteiger partial charge in [-0.2, -0.15) is 0 Å². The maximum Gasteiger partial charge on any atom is 0.273 e. The van der Waals surface area contributed by atoms with Crippen molar-refractivity contribution in [3.63, 3.8) is 0 Å². The van der Waals surface area contributed by atoms with Crippen LogP contribution in [0.4, 0.5) is 5.69 Å². The molecule has 0 atom stereocenters. The lowest BCUT2D eigenvalue weighted by molar-refractivity contribution is 0.594.